The Morgan fingerprint density at radius 1 is 1.00 bits per heavy atom. The van der Waals surface area contributed by atoms with Crippen LogP contribution >= 0.6 is 0 Å². The highest BCUT2D eigenvalue weighted by Crippen LogP contribution is 2.40. The molecule has 0 aliphatic carbocycles. The fourth-order valence-corrected chi connectivity index (χ4v) is 4.88. The van der Waals surface area contributed by atoms with Crippen LogP contribution in [0.5, 0.6) is 17.2 Å². The first kappa shape index (κ1) is 24.1. The van der Waals surface area contributed by atoms with Gasteiger partial charge in [0.2, 0.25) is 5.89 Å². The number of likely N-dealkylation sites (tertiary alicyclic amines) is 1. The summed E-state index contributed by atoms with van der Waals surface area (Å²) in [5.74, 6) is 4.01. The van der Waals surface area contributed by atoms with Crippen LogP contribution in [0.4, 0.5) is 0 Å². The zero-order valence-corrected chi connectivity index (χ0v) is 20.8. The molecule has 1 N–H and O–H groups in total. The number of nitrogens with zero attached hydrogens (tertiary/aromatic N) is 3. The number of hydrogen-bond donors (Lipinski definition) is 1. The molecule has 1 atom stereocenters. The van der Waals surface area contributed by atoms with Gasteiger partial charge in [-0.05, 0) is 56.1 Å². The molecule has 0 amide bonds. The first-order chi connectivity index (χ1) is 17.6. The standard InChI is InChI=1S/C27H31N3O6/c1-17-28-29-27(35-17)25-14-20-21(6-4-7-22(20)36-25)34-16-19(31)15-30-12-10-18(11-13-30)26-23(32-2)8-5-9-24(26)33-3/h4-9,14,18-19,31H,10-13,15-16H2,1-3H3. The summed E-state index contributed by atoms with van der Waals surface area (Å²) >= 11 is 0. The van der Waals surface area contributed by atoms with Gasteiger partial charge in [-0.25, -0.2) is 0 Å². The molecule has 190 valence electrons. The van der Waals surface area contributed by atoms with E-state index in [9.17, 15) is 5.11 Å². The summed E-state index contributed by atoms with van der Waals surface area (Å²) in [6.07, 6.45) is 1.31. The zero-order chi connectivity index (χ0) is 25.1. The van der Waals surface area contributed by atoms with Gasteiger partial charge in [-0.3, -0.25) is 0 Å². The Kier molecular flexibility index (Phi) is 7.11. The number of piperidine rings is 1. The topological polar surface area (TPSA) is 103 Å². The minimum absolute atomic E-state index is 0.180. The summed E-state index contributed by atoms with van der Waals surface area (Å²) in [6, 6.07) is 13.3. The van der Waals surface area contributed by atoms with Crippen LogP contribution in [0.1, 0.15) is 30.2 Å². The van der Waals surface area contributed by atoms with Gasteiger partial charge in [0, 0.05) is 25.1 Å². The summed E-state index contributed by atoms with van der Waals surface area (Å²) in [5.41, 5.74) is 1.79. The van der Waals surface area contributed by atoms with Gasteiger partial charge in [0.05, 0.1) is 19.6 Å². The average molecular weight is 494 g/mol. The van der Waals surface area contributed by atoms with Crippen LogP contribution in [-0.4, -0.2) is 66.8 Å². The normalized spacial score (nSPS) is 15.8. The largest absolute Gasteiger partial charge is 0.496 e. The molecule has 0 bridgehead atoms. The number of aliphatic hydroxyl groups excluding tert-OH is 1. The summed E-state index contributed by atoms with van der Waals surface area (Å²) in [4.78, 5) is 2.28. The first-order valence-corrected chi connectivity index (χ1v) is 12.1. The third-order valence-electron chi connectivity index (χ3n) is 6.62. The number of β-amino-alcohol motifs (C(OH)–C–C–N with tert-alkyl or cyclic N) is 1. The lowest BCUT2D eigenvalue weighted by Gasteiger charge is -2.34. The monoisotopic (exact) mass is 493 g/mol. The quantitative estimate of drug-likeness (QED) is 0.363. The van der Waals surface area contributed by atoms with Crippen LogP contribution in [0.2, 0.25) is 0 Å². The Bertz CT molecular complexity index is 1290. The number of aromatic nitrogens is 2. The van der Waals surface area contributed by atoms with Gasteiger partial charge in [0.1, 0.15) is 35.5 Å². The van der Waals surface area contributed by atoms with Crippen LogP contribution in [0.3, 0.4) is 0 Å². The second-order valence-electron chi connectivity index (χ2n) is 9.02. The predicted octanol–water partition coefficient (Wildman–Crippen LogP) is 4.43. The minimum atomic E-state index is -0.623. The van der Waals surface area contributed by atoms with Gasteiger partial charge in [-0.1, -0.05) is 12.1 Å². The van der Waals surface area contributed by atoms with Crippen molar-refractivity contribution in [2.75, 3.05) is 40.5 Å². The molecule has 9 heteroatoms. The summed E-state index contributed by atoms with van der Waals surface area (Å²) in [6.45, 7) is 4.22. The Labute approximate surface area is 209 Å². The fourth-order valence-electron chi connectivity index (χ4n) is 4.88. The van der Waals surface area contributed by atoms with Crippen molar-refractivity contribution in [3.8, 4) is 28.9 Å². The molecular weight excluding hydrogens is 462 g/mol. The minimum Gasteiger partial charge on any atom is -0.496 e. The van der Waals surface area contributed by atoms with E-state index in [0.29, 0.717) is 41.3 Å². The van der Waals surface area contributed by atoms with Crippen molar-refractivity contribution in [2.45, 2.75) is 31.8 Å². The molecular formula is C27H31N3O6. The summed E-state index contributed by atoms with van der Waals surface area (Å²) in [7, 11) is 3.39. The molecule has 0 radical (unpaired) electrons. The van der Waals surface area contributed by atoms with Crippen molar-refractivity contribution in [3.05, 3.63) is 53.9 Å². The highest BCUT2D eigenvalue weighted by molar-refractivity contribution is 5.87. The van der Waals surface area contributed by atoms with Crippen molar-refractivity contribution in [3.63, 3.8) is 0 Å². The maximum absolute atomic E-state index is 10.7. The lowest BCUT2D eigenvalue weighted by molar-refractivity contribution is 0.0597. The number of furan rings is 1. The van der Waals surface area contributed by atoms with E-state index < -0.39 is 6.10 Å². The van der Waals surface area contributed by atoms with E-state index in [1.54, 1.807) is 21.1 Å². The van der Waals surface area contributed by atoms with Crippen molar-refractivity contribution in [1.29, 1.82) is 0 Å². The molecule has 5 rings (SSSR count). The third kappa shape index (κ3) is 5.03. The first-order valence-electron chi connectivity index (χ1n) is 12.1. The summed E-state index contributed by atoms with van der Waals surface area (Å²) < 4.78 is 28.5. The molecule has 1 aliphatic heterocycles. The Balaban J connectivity index is 1.17. The molecule has 1 saturated heterocycles. The van der Waals surface area contributed by atoms with Gasteiger partial charge in [-0.2, -0.15) is 0 Å². The van der Waals surface area contributed by atoms with Gasteiger partial charge < -0.3 is 33.1 Å². The Morgan fingerprint density at radius 2 is 1.69 bits per heavy atom. The second-order valence-corrected chi connectivity index (χ2v) is 9.02. The molecule has 36 heavy (non-hydrogen) atoms. The Hall–Kier alpha value is -3.56. The summed E-state index contributed by atoms with van der Waals surface area (Å²) in [5, 5.41) is 19.4. The van der Waals surface area contributed by atoms with Crippen LogP contribution in [-0.2, 0) is 0 Å². The maximum atomic E-state index is 10.7. The molecule has 1 fully saturated rings. The number of methoxy groups -OCH3 is 2. The average Bonchev–Trinajstić information content (AvgIpc) is 3.54. The van der Waals surface area contributed by atoms with Gasteiger partial charge in [0.15, 0.2) is 5.76 Å². The van der Waals surface area contributed by atoms with E-state index in [0.717, 1.165) is 48.4 Å². The van der Waals surface area contributed by atoms with E-state index in [1.807, 2.05) is 42.5 Å². The second kappa shape index (κ2) is 10.6. The number of aryl methyl sites for hydroxylation is 1. The number of benzene rings is 2. The van der Waals surface area contributed by atoms with E-state index in [2.05, 4.69) is 15.1 Å². The van der Waals surface area contributed by atoms with Gasteiger partial charge in [-0.15, -0.1) is 10.2 Å². The van der Waals surface area contributed by atoms with Crippen molar-refractivity contribution < 1.29 is 28.2 Å². The molecule has 2 aromatic carbocycles. The molecule has 9 nitrogen and oxygen atoms in total. The lowest BCUT2D eigenvalue weighted by Crippen LogP contribution is -2.40. The fraction of sp³-hybridized carbons (Fsp3) is 0.407. The van der Waals surface area contributed by atoms with Crippen molar-refractivity contribution in [2.24, 2.45) is 0 Å². The molecule has 1 aliphatic rings. The number of rotatable bonds is 9. The SMILES string of the molecule is COc1cccc(OC)c1C1CCN(CC(O)COc2cccc3oc(-c4nnc(C)o4)cc23)CC1. The molecule has 0 spiro atoms. The maximum Gasteiger partial charge on any atom is 0.283 e. The molecule has 0 saturated carbocycles. The van der Waals surface area contributed by atoms with Crippen molar-refractivity contribution in [1.82, 2.24) is 15.1 Å². The van der Waals surface area contributed by atoms with Gasteiger partial charge in [0.25, 0.3) is 5.89 Å². The number of fused-ring (bicyclic) bond motifs is 1. The Morgan fingerprint density at radius 3 is 2.36 bits per heavy atom. The highest BCUT2D eigenvalue weighted by atomic mass is 16.5. The van der Waals surface area contributed by atoms with E-state index in [4.69, 9.17) is 23.0 Å². The zero-order valence-electron chi connectivity index (χ0n) is 20.8. The molecule has 4 aromatic rings. The molecule has 2 aromatic heterocycles. The number of ether oxygens (including phenoxy) is 3. The van der Waals surface area contributed by atoms with Crippen LogP contribution in [0, 0.1) is 6.92 Å². The van der Waals surface area contributed by atoms with Crippen molar-refractivity contribution >= 4 is 11.0 Å². The van der Waals surface area contributed by atoms with Crippen LogP contribution in [0.25, 0.3) is 22.6 Å². The molecule has 3 heterocycles. The molecule has 1 unspecified atom stereocenters. The third-order valence-corrected chi connectivity index (χ3v) is 6.62. The van der Waals surface area contributed by atoms with E-state index in [-0.39, 0.29) is 6.61 Å². The highest BCUT2D eigenvalue weighted by Gasteiger charge is 2.27. The van der Waals surface area contributed by atoms with Crippen LogP contribution in [0.15, 0.2) is 51.3 Å². The van der Waals surface area contributed by atoms with E-state index >= 15 is 0 Å². The van der Waals surface area contributed by atoms with E-state index in [1.165, 1.54) is 0 Å². The van der Waals surface area contributed by atoms with Crippen LogP contribution < -0.4 is 14.2 Å². The van der Waals surface area contributed by atoms with Gasteiger partial charge >= 0.3 is 0 Å². The predicted molar refractivity (Wildman–Crippen MR) is 134 cm³/mol. The number of hydrogen-bond acceptors (Lipinski definition) is 9. The number of aliphatic hydroxyl groups is 1. The lowest BCUT2D eigenvalue weighted by atomic mass is 9.88. The smallest absolute Gasteiger partial charge is 0.283 e.